The fraction of sp³-hybridized carbons (Fsp3) is 0.250. The molecule has 0 fully saturated rings. The van der Waals surface area contributed by atoms with E-state index in [0.717, 1.165) is 18.8 Å². The number of hydrogen-bond donors (Lipinski definition) is 1. The second-order valence-electron chi connectivity index (χ2n) is 4.78. The Morgan fingerprint density at radius 2 is 2.00 bits per heavy atom. The zero-order chi connectivity index (χ0) is 13.2. The van der Waals surface area contributed by atoms with Crippen LogP contribution < -0.4 is 10.1 Å². The zero-order valence-corrected chi connectivity index (χ0v) is 11.6. The summed E-state index contributed by atoms with van der Waals surface area (Å²) in [7, 11) is 1.66. The Labute approximate surface area is 118 Å². The molecule has 2 aromatic carbocycles. The van der Waals surface area contributed by atoms with E-state index in [1.165, 1.54) is 16.7 Å². The molecule has 3 rings (SSSR count). The van der Waals surface area contributed by atoms with Gasteiger partial charge in [-0.2, -0.15) is 0 Å². The van der Waals surface area contributed by atoms with Crippen molar-refractivity contribution in [3.05, 3.63) is 64.2 Å². The van der Waals surface area contributed by atoms with E-state index in [9.17, 15) is 0 Å². The number of methoxy groups -OCH3 is 1. The molecule has 0 aliphatic carbocycles. The second-order valence-corrected chi connectivity index (χ2v) is 5.19. The Hall–Kier alpha value is -1.51. The van der Waals surface area contributed by atoms with Crippen LogP contribution in [0, 0.1) is 0 Å². The van der Waals surface area contributed by atoms with Gasteiger partial charge >= 0.3 is 0 Å². The van der Waals surface area contributed by atoms with Crippen LogP contribution in [0.3, 0.4) is 0 Å². The van der Waals surface area contributed by atoms with Crippen LogP contribution in [0.25, 0.3) is 0 Å². The van der Waals surface area contributed by atoms with Gasteiger partial charge in [-0.1, -0.05) is 41.9 Å². The minimum absolute atomic E-state index is 0.358. The number of hydrogen-bond acceptors (Lipinski definition) is 2. The smallest absolute Gasteiger partial charge is 0.137 e. The molecule has 0 radical (unpaired) electrons. The first-order valence-electron chi connectivity index (χ1n) is 6.41. The van der Waals surface area contributed by atoms with Crippen molar-refractivity contribution >= 4 is 11.6 Å². The fourth-order valence-corrected chi connectivity index (χ4v) is 2.95. The van der Waals surface area contributed by atoms with Crippen molar-refractivity contribution in [2.24, 2.45) is 0 Å². The van der Waals surface area contributed by atoms with Crippen LogP contribution in [0.4, 0.5) is 0 Å². The highest BCUT2D eigenvalue weighted by Gasteiger charge is 2.23. The summed E-state index contributed by atoms with van der Waals surface area (Å²) in [6, 6.07) is 14.6. The van der Waals surface area contributed by atoms with Crippen molar-refractivity contribution in [3.8, 4) is 5.75 Å². The lowest BCUT2D eigenvalue weighted by Gasteiger charge is -2.27. The quantitative estimate of drug-likeness (QED) is 0.903. The van der Waals surface area contributed by atoms with Gasteiger partial charge in [0, 0.05) is 19.0 Å². The number of benzene rings is 2. The Morgan fingerprint density at radius 1 is 1.21 bits per heavy atom. The average Bonchev–Trinajstić information content (AvgIpc) is 2.46. The highest BCUT2D eigenvalue weighted by atomic mass is 35.5. The minimum atomic E-state index is 0.358. The van der Waals surface area contributed by atoms with Gasteiger partial charge in [0.15, 0.2) is 0 Å². The SMILES string of the molecule is COc1cc2c(cc1Cl)CNC[C@H]2c1ccccc1. The van der Waals surface area contributed by atoms with Crippen LogP contribution in [-0.4, -0.2) is 13.7 Å². The number of ether oxygens (including phenoxy) is 1. The third-order valence-corrected chi connectivity index (χ3v) is 3.95. The van der Waals surface area contributed by atoms with Crippen LogP contribution >= 0.6 is 11.6 Å². The van der Waals surface area contributed by atoms with Crippen molar-refractivity contribution in [3.63, 3.8) is 0 Å². The van der Waals surface area contributed by atoms with E-state index in [2.05, 4.69) is 35.6 Å². The van der Waals surface area contributed by atoms with Crippen LogP contribution in [0.2, 0.25) is 5.02 Å². The van der Waals surface area contributed by atoms with Gasteiger partial charge in [-0.25, -0.2) is 0 Å². The lowest BCUT2D eigenvalue weighted by atomic mass is 9.85. The van der Waals surface area contributed by atoms with Gasteiger partial charge in [0.05, 0.1) is 12.1 Å². The molecule has 98 valence electrons. The molecule has 0 saturated heterocycles. The molecular formula is C16H16ClNO. The molecule has 0 saturated carbocycles. The van der Waals surface area contributed by atoms with Crippen molar-refractivity contribution in [1.82, 2.24) is 5.32 Å². The molecule has 2 aromatic rings. The largest absolute Gasteiger partial charge is 0.495 e. The molecule has 1 heterocycles. The Kier molecular flexibility index (Phi) is 3.45. The molecule has 3 heteroatoms. The van der Waals surface area contributed by atoms with Gasteiger partial charge in [0.2, 0.25) is 0 Å². The lowest BCUT2D eigenvalue weighted by molar-refractivity contribution is 0.413. The van der Waals surface area contributed by atoms with Gasteiger partial charge in [-0.3, -0.25) is 0 Å². The average molecular weight is 274 g/mol. The summed E-state index contributed by atoms with van der Waals surface area (Å²) in [5.41, 5.74) is 3.89. The third kappa shape index (κ3) is 2.34. The van der Waals surface area contributed by atoms with Crippen LogP contribution in [0.1, 0.15) is 22.6 Å². The van der Waals surface area contributed by atoms with E-state index in [-0.39, 0.29) is 0 Å². The Balaban J connectivity index is 2.09. The molecule has 0 bridgehead atoms. The van der Waals surface area contributed by atoms with E-state index in [4.69, 9.17) is 16.3 Å². The molecule has 0 spiro atoms. The van der Waals surface area contributed by atoms with E-state index < -0.39 is 0 Å². The van der Waals surface area contributed by atoms with E-state index >= 15 is 0 Å². The van der Waals surface area contributed by atoms with E-state index in [0.29, 0.717) is 10.9 Å². The maximum Gasteiger partial charge on any atom is 0.137 e. The summed E-state index contributed by atoms with van der Waals surface area (Å²) >= 11 is 6.20. The molecule has 0 amide bonds. The summed E-state index contributed by atoms with van der Waals surface area (Å²) in [6.07, 6.45) is 0. The number of halogens is 1. The molecular weight excluding hydrogens is 258 g/mol. The monoisotopic (exact) mass is 273 g/mol. The van der Waals surface area contributed by atoms with E-state index in [1.54, 1.807) is 7.11 Å². The van der Waals surface area contributed by atoms with Crippen molar-refractivity contribution in [2.45, 2.75) is 12.5 Å². The van der Waals surface area contributed by atoms with Crippen LogP contribution in [0.5, 0.6) is 5.75 Å². The van der Waals surface area contributed by atoms with Gasteiger partial charge in [0.1, 0.15) is 5.75 Å². The molecule has 1 aliphatic heterocycles. The first kappa shape index (κ1) is 12.5. The Morgan fingerprint density at radius 3 is 2.74 bits per heavy atom. The molecule has 0 aromatic heterocycles. The van der Waals surface area contributed by atoms with E-state index in [1.807, 2.05) is 12.1 Å². The highest BCUT2D eigenvalue weighted by molar-refractivity contribution is 6.32. The maximum absolute atomic E-state index is 6.20. The second kappa shape index (κ2) is 5.24. The van der Waals surface area contributed by atoms with Gasteiger partial charge < -0.3 is 10.1 Å². The van der Waals surface area contributed by atoms with Crippen molar-refractivity contribution in [2.75, 3.05) is 13.7 Å². The number of rotatable bonds is 2. The molecule has 0 unspecified atom stereocenters. The molecule has 1 N–H and O–H groups in total. The zero-order valence-electron chi connectivity index (χ0n) is 10.8. The summed E-state index contributed by atoms with van der Waals surface area (Å²) in [4.78, 5) is 0. The molecule has 2 nitrogen and oxygen atoms in total. The van der Waals surface area contributed by atoms with Crippen LogP contribution in [-0.2, 0) is 6.54 Å². The fourth-order valence-electron chi connectivity index (χ4n) is 2.69. The van der Waals surface area contributed by atoms with Gasteiger partial charge in [-0.15, -0.1) is 0 Å². The third-order valence-electron chi connectivity index (χ3n) is 3.65. The van der Waals surface area contributed by atoms with Crippen molar-refractivity contribution < 1.29 is 4.74 Å². The van der Waals surface area contributed by atoms with Gasteiger partial charge in [0.25, 0.3) is 0 Å². The predicted molar refractivity (Wildman–Crippen MR) is 78.0 cm³/mol. The molecule has 19 heavy (non-hydrogen) atoms. The Bertz CT molecular complexity index is 583. The van der Waals surface area contributed by atoms with Crippen LogP contribution in [0.15, 0.2) is 42.5 Å². The topological polar surface area (TPSA) is 21.3 Å². The maximum atomic E-state index is 6.20. The molecule has 1 aliphatic rings. The van der Waals surface area contributed by atoms with Crippen molar-refractivity contribution in [1.29, 1.82) is 0 Å². The standard InChI is InChI=1S/C16H16ClNO/c1-19-16-8-13-12(7-15(16)17)9-18-10-14(13)11-5-3-2-4-6-11/h2-8,14,18H,9-10H2,1H3/t14-/m0/s1. The summed E-state index contributed by atoms with van der Waals surface area (Å²) < 4.78 is 5.34. The lowest BCUT2D eigenvalue weighted by Crippen LogP contribution is -2.28. The van der Waals surface area contributed by atoms with Gasteiger partial charge in [-0.05, 0) is 28.8 Å². The summed E-state index contributed by atoms with van der Waals surface area (Å²) in [6.45, 7) is 1.81. The highest BCUT2D eigenvalue weighted by Crippen LogP contribution is 2.36. The predicted octanol–water partition coefficient (Wildman–Crippen LogP) is 3.58. The first-order valence-corrected chi connectivity index (χ1v) is 6.79. The number of nitrogens with one attached hydrogen (secondary N) is 1. The summed E-state index contributed by atoms with van der Waals surface area (Å²) in [5.74, 6) is 1.11. The minimum Gasteiger partial charge on any atom is -0.495 e. The normalized spacial score (nSPS) is 17.9. The molecule has 1 atom stereocenters. The first-order chi connectivity index (χ1) is 9.29. The summed E-state index contributed by atoms with van der Waals surface area (Å²) in [5, 5.41) is 4.13. The number of fused-ring (bicyclic) bond motifs is 1.